The summed E-state index contributed by atoms with van der Waals surface area (Å²) in [6, 6.07) is 12.2. The van der Waals surface area contributed by atoms with Gasteiger partial charge in [-0.1, -0.05) is 24.3 Å². The zero-order valence-corrected chi connectivity index (χ0v) is 16.4. The zero-order chi connectivity index (χ0) is 21.1. The molecule has 0 saturated heterocycles. The maximum atomic E-state index is 13.2. The summed E-state index contributed by atoms with van der Waals surface area (Å²) in [5.74, 6) is -1.57. The lowest BCUT2D eigenvalue weighted by molar-refractivity contribution is 0.0696. The highest BCUT2D eigenvalue weighted by atomic mass is 19.1. The van der Waals surface area contributed by atoms with Crippen molar-refractivity contribution in [2.75, 3.05) is 0 Å². The van der Waals surface area contributed by atoms with E-state index in [9.17, 15) is 14.0 Å². The third kappa shape index (κ3) is 4.51. The van der Waals surface area contributed by atoms with Crippen molar-refractivity contribution < 1.29 is 19.1 Å². The molecule has 1 atom stereocenters. The van der Waals surface area contributed by atoms with Crippen LogP contribution in [0.2, 0.25) is 0 Å². The van der Waals surface area contributed by atoms with Crippen LogP contribution in [0.3, 0.4) is 0 Å². The summed E-state index contributed by atoms with van der Waals surface area (Å²) < 4.78 is 14.8. The number of aryl methyl sites for hydroxylation is 1. The van der Waals surface area contributed by atoms with Crippen LogP contribution in [0.15, 0.2) is 48.5 Å². The van der Waals surface area contributed by atoms with Crippen LogP contribution in [0.4, 0.5) is 4.39 Å². The van der Waals surface area contributed by atoms with Gasteiger partial charge in [-0.05, 0) is 49.2 Å². The number of amides is 1. The predicted molar refractivity (Wildman–Crippen MR) is 106 cm³/mol. The number of benzene rings is 2. The number of carbonyl (C=O) groups is 2. The van der Waals surface area contributed by atoms with Crippen LogP contribution in [0.5, 0.6) is 0 Å². The van der Waals surface area contributed by atoms with Crippen LogP contribution in [0.1, 0.15) is 56.2 Å². The van der Waals surface area contributed by atoms with E-state index in [1.165, 1.54) is 24.3 Å². The molecular formula is C22H22FN3O3. The Morgan fingerprint density at radius 1 is 1.14 bits per heavy atom. The largest absolute Gasteiger partial charge is 0.478 e. The highest BCUT2D eigenvalue weighted by Crippen LogP contribution is 2.20. The number of hydrogen-bond donors (Lipinski definition) is 2. The maximum Gasteiger partial charge on any atom is 0.335 e. The van der Waals surface area contributed by atoms with Gasteiger partial charge in [-0.3, -0.25) is 9.48 Å². The average molecular weight is 395 g/mol. The molecule has 1 amide bonds. The Hall–Kier alpha value is -3.48. The van der Waals surface area contributed by atoms with Crippen LogP contribution in [0.25, 0.3) is 0 Å². The van der Waals surface area contributed by atoms with Gasteiger partial charge >= 0.3 is 5.97 Å². The number of carboxylic acids is 1. The fourth-order valence-corrected chi connectivity index (χ4v) is 3.16. The summed E-state index contributed by atoms with van der Waals surface area (Å²) in [6.45, 7) is 3.65. The van der Waals surface area contributed by atoms with E-state index in [1.807, 2.05) is 13.8 Å². The minimum atomic E-state index is -0.996. The molecule has 2 aromatic carbocycles. The zero-order valence-electron chi connectivity index (χ0n) is 16.4. The number of carboxylic acid groups (broad SMARTS) is 1. The summed E-state index contributed by atoms with van der Waals surface area (Å²) in [7, 11) is 1.77. The molecule has 0 fully saturated rings. The van der Waals surface area contributed by atoms with Gasteiger partial charge in [-0.15, -0.1) is 0 Å². The van der Waals surface area contributed by atoms with E-state index in [1.54, 1.807) is 36.0 Å². The third-order valence-electron chi connectivity index (χ3n) is 4.92. The minimum Gasteiger partial charge on any atom is -0.478 e. The van der Waals surface area contributed by atoms with Gasteiger partial charge in [-0.2, -0.15) is 5.10 Å². The van der Waals surface area contributed by atoms with E-state index >= 15 is 0 Å². The van der Waals surface area contributed by atoms with Crippen LogP contribution < -0.4 is 5.32 Å². The molecule has 1 heterocycles. The highest BCUT2D eigenvalue weighted by molar-refractivity contribution is 5.96. The fourth-order valence-electron chi connectivity index (χ4n) is 3.16. The molecule has 3 rings (SSSR count). The smallest absolute Gasteiger partial charge is 0.335 e. The second-order valence-electron chi connectivity index (χ2n) is 6.96. The number of nitrogens with zero attached hydrogens (tertiary/aromatic N) is 2. The quantitative estimate of drug-likeness (QED) is 0.667. The molecule has 0 spiro atoms. The van der Waals surface area contributed by atoms with E-state index in [0.717, 1.165) is 16.8 Å². The van der Waals surface area contributed by atoms with Gasteiger partial charge < -0.3 is 10.4 Å². The summed E-state index contributed by atoms with van der Waals surface area (Å²) in [6.07, 6.45) is 0.409. The van der Waals surface area contributed by atoms with Crippen molar-refractivity contribution in [1.82, 2.24) is 15.1 Å². The van der Waals surface area contributed by atoms with E-state index in [2.05, 4.69) is 10.4 Å². The second-order valence-corrected chi connectivity index (χ2v) is 6.96. The Balaban J connectivity index is 1.81. The molecule has 0 unspecified atom stereocenters. The molecule has 0 saturated carbocycles. The van der Waals surface area contributed by atoms with E-state index in [0.29, 0.717) is 17.7 Å². The molecule has 0 aliphatic heterocycles. The number of nitrogens with one attached hydrogen (secondary N) is 1. The first kappa shape index (κ1) is 20.3. The first-order chi connectivity index (χ1) is 13.8. The second kappa shape index (κ2) is 8.26. The average Bonchev–Trinajstić information content (AvgIpc) is 2.97. The number of hydrogen-bond acceptors (Lipinski definition) is 3. The van der Waals surface area contributed by atoms with Crippen molar-refractivity contribution in [2.24, 2.45) is 7.05 Å². The van der Waals surface area contributed by atoms with E-state index < -0.39 is 5.97 Å². The Bertz CT molecular complexity index is 1040. The normalized spacial score (nSPS) is 11.9. The molecule has 7 heteroatoms. The molecule has 6 nitrogen and oxygen atoms in total. The molecule has 0 aliphatic carbocycles. The van der Waals surface area contributed by atoms with E-state index in [4.69, 9.17) is 5.11 Å². The highest BCUT2D eigenvalue weighted by Gasteiger charge is 2.22. The molecule has 1 aromatic heterocycles. The SMILES string of the molecule is Cc1c(C(=O)N[C@@H](C)c2ccc(C(=O)O)cc2)c(Cc2ccc(F)cc2)nn1C. The lowest BCUT2D eigenvalue weighted by Gasteiger charge is -2.15. The summed E-state index contributed by atoms with van der Waals surface area (Å²) in [5.41, 5.74) is 3.68. The molecule has 150 valence electrons. The van der Waals surface area contributed by atoms with Gasteiger partial charge in [0.05, 0.1) is 22.9 Å². The Morgan fingerprint density at radius 2 is 1.76 bits per heavy atom. The molecule has 0 aliphatic rings. The predicted octanol–water partition coefficient (Wildman–Crippen LogP) is 3.65. The molecule has 3 aromatic rings. The van der Waals surface area contributed by atoms with Gasteiger partial charge in [0.15, 0.2) is 0 Å². The van der Waals surface area contributed by atoms with Crippen LogP contribution in [0, 0.1) is 12.7 Å². The van der Waals surface area contributed by atoms with Gasteiger partial charge in [0, 0.05) is 19.2 Å². The fraction of sp³-hybridized carbons (Fsp3) is 0.227. The van der Waals surface area contributed by atoms with Crippen molar-refractivity contribution in [3.8, 4) is 0 Å². The molecule has 0 radical (unpaired) electrons. The van der Waals surface area contributed by atoms with Crippen LogP contribution in [-0.4, -0.2) is 26.8 Å². The molecular weight excluding hydrogens is 373 g/mol. The summed E-state index contributed by atoms with van der Waals surface area (Å²) >= 11 is 0. The first-order valence-electron chi connectivity index (χ1n) is 9.17. The van der Waals surface area contributed by atoms with Gasteiger partial charge in [-0.25, -0.2) is 9.18 Å². The Kier molecular flexibility index (Phi) is 5.77. The standard InChI is InChI=1S/C22H22FN3O3/c1-13(16-6-8-17(9-7-16)22(28)29)24-21(27)20-14(2)26(3)25-19(20)12-15-4-10-18(23)11-5-15/h4-11,13H,12H2,1-3H3,(H,24,27)(H,28,29)/t13-/m0/s1. The van der Waals surface area contributed by atoms with Crippen LogP contribution >= 0.6 is 0 Å². The molecule has 2 N–H and O–H groups in total. The van der Waals surface area contributed by atoms with Gasteiger partial charge in [0.2, 0.25) is 0 Å². The summed E-state index contributed by atoms with van der Waals surface area (Å²) in [4.78, 5) is 24.0. The topological polar surface area (TPSA) is 84.2 Å². The number of rotatable bonds is 6. The van der Waals surface area contributed by atoms with Crippen molar-refractivity contribution in [2.45, 2.75) is 26.3 Å². The van der Waals surface area contributed by atoms with Crippen LogP contribution in [-0.2, 0) is 13.5 Å². The Labute approximate surface area is 168 Å². The van der Waals surface area contributed by atoms with Gasteiger partial charge in [0.25, 0.3) is 5.91 Å². The van der Waals surface area contributed by atoms with Crippen molar-refractivity contribution in [3.63, 3.8) is 0 Å². The molecule has 29 heavy (non-hydrogen) atoms. The van der Waals surface area contributed by atoms with Gasteiger partial charge in [0.1, 0.15) is 5.82 Å². The third-order valence-corrected chi connectivity index (χ3v) is 4.92. The van der Waals surface area contributed by atoms with Crippen molar-refractivity contribution in [1.29, 1.82) is 0 Å². The minimum absolute atomic E-state index is 0.192. The number of aromatic carboxylic acids is 1. The number of halogens is 1. The Morgan fingerprint density at radius 3 is 2.34 bits per heavy atom. The lowest BCUT2D eigenvalue weighted by Crippen LogP contribution is -2.28. The number of carbonyl (C=O) groups excluding carboxylic acids is 1. The number of aromatic nitrogens is 2. The lowest BCUT2D eigenvalue weighted by atomic mass is 10.0. The van der Waals surface area contributed by atoms with Crippen molar-refractivity contribution >= 4 is 11.9 Å². The summed E-state index contributed by atoms with van der Waals surface area (Å²) in [5, 5.41) is 16.4. The van der Waals surface area contributed by atoms with Crippen molar-refractivity contribution in [3.05, 3.63) is 88.0 Å². The monoisotopic (exact) mass is 395 g/mol. The molecule has 0 bridgehead atoms. The first-order valence-corrected chi connectivity index (χ1v) is 9.17. The van der Waals surface area contributed by atoms with E-state index in [-0.39, 0.29) is 23.3 Å². The maximum absolute atomic E-state index is 13.2.